The Labute approximate surface area is 336 Å². The molecule has 3 saturated heterocycles. The van der Waals surface area contributed by atoms with Gasteiger partial charge in [-0.2, -0.15) is 10.4 Å². The van der Waals surface area contributed by atoms with Gasteiger partial charge in [-0.15, -0.1) is 0 Å². The van der Waals surface area contributed by atoms with E-state index in [0.29, 0.717) is 33.2 Å². The summed E-state index contributed by atoms with van der Waals surface area (Å²) in [7, 11) is 0. The van der Waals surface area contributed by atoms with Crippen molar-refractivity contribution >= 4 is 51.5 Å². The second-order valence-corrected chi connectivity index (χ2v) is 17.4. The van der Waals surface area contributed by atoms with Gasteiger partial charge in [-0.05, 0) is 61.0 Å². The number of hydrogen-bond acceptors (Lipinski definition) is 10. The third-order valence-electron chi connectivity index (χ3n) is 12.4. The van der Waals surface area contributed by atoms with E-state index < -0.39 is 11.9 Å². The molecule has 13 nitrogen and oxygen atoms in total. The number of piperazine rings is 1. The number of ether oxygens (including phenoxy) is 1. The highest BCUT2D eigenvalue weighted by atomic mass is 35.5. The third-order valence-corrected chi connectivity index (χ3v) is 12.7. The summed E-state index contributed by atoms with van der Waals surface area (Å²) in [5.41, 5.74) is 2.15. The molecular formula is C43H47ClN8O5. The maximum Gasteiger partial charge on any atom is 0.275 e. The summed E-state index contributed by atoms with van der Waals surface area (Å²) in [4.78, 5) is 57.8. The molecule has 2 N–H and O–H groups in total. The molecule has 0 unspecified atom stereocenters. The van der Waals surface area contributed by atoms with Crippen LogP contribution in [0.2, 0.25) is 5.02 Å². The van der Waals surface area contributed by atoms with E-state index in [2.05, 4.69) is 64.2 Å². The molecule has 4 heterocycles. The first kappa shape index (κ1) is 38.4. The second-order valence-electron chi connectivity index (χ2n) is 17.0. The van der Waals surface area contributed by atoms with Crippen LogP contribution in [0.3, 0.4) is 0 Å². The molecule has 1 atom stereocenters. The summed E-state index contributed by atoms with van der Waals surface area (Å²) in [5, 5.41) is 20.7. The standard InChI is InChI=1S/C43H47ClN8O5/c1-42(2)40(43(3,4)41(42)57-32-11-7-28(21-45)34(44)20-32)48-37(54)27-5-8-30(9-6-27)51-24-26(25-51)23-49-15-17-50(18-16-49)31-10-12-33-29(19-31)22-46-52(39(33)56)35-13-14-36(53)47-38(35)55/h5-12,19-20,22,26,35,40-41H,13-18,23-25H2,1-4H3,(H,48,54)(H,47,53,55)/t35-,40?,41?/m0/s1. The Balaban J connectivity index is 0.796. The first-order valence-electron chi connectivity index (χ1n) is 19.6. The lowest BCUT2D eigenvalue weighted by molar-refractivity contribution is -0.164. The van der Waals surface area contributed by atoms with Crippen molar-refractivity contribution in [1.29, 1.82) is 5.26 Å². The number of carbonyl (C=O) groups excluding carboxylic acids is 3. The van der Waals surface area contributed by atoms with Crippen molar-refractivity contribution in [1.82, 2.24) is 25.3 Å². The van der Waals surface area contributed by atoms with Gasteiger partial charge in [-0.3, -0.25) is 29.4 Å². The van der Waals surface area contributed by atoms with Gasteiger partial charge in [0, 0.05) is 103 Å². The average Bonchev–Trinajstić information content (AvgIpc) is 3.17. The van der Waals surface area contributed by atoms with Gasteiger partial charge < -0.3 is 19.9 Å². The number of carbonyl (C=O) groups is 3. The first-order chi connectivity index (χ1) is 27.2. The maximum absolute atomic E-state index is 13.5. The molecule has 3 aromatic carbocycles. The molecule has 4 aromatic rings. The smallest absolute Gasteiger partial charge is 0.275 e. The van der Waals surface area contributed by atoms with E-state index in [0.717, 1.165) is 62.6 Å². The Kier molecular flexibility index (Phi) is 9.98. The van der Waals surface area contributed by atoms with Crippen molar-refractivity contribution in [2.24, 2.45) is 16.7 Å². The number of anilines is 2. The fraction of sp³-hybridized carbons (Fsp3) is 0.442. The molecule has 0 bridgehead atoms. The van der Waals surface area contributed by atoms with Crippen LogP contribution in [0.1, 0.15) is 62.5 Å². The van der Waals surface area contributed by atoms with Crippen molar-refractivity contribution in [3.63, 3.8) is 0 Å². The minimum atomic E-state index is -0.784. The number of nitriles is 1. The first-order valence-corrected chi connectivity index (χ1v) is 20.0. The monoisotopic (exact) mass is 790 g/mol. The van der Waals surface area contributed by atoms with Crippen LogP contribution in [0.5, 0.6) is 5.75 Å². The predicted molar refractivity (Wildman–Crippen MR) is 218 cm³/mol. The van der Waals surface area contributed by atoms with E-state index in [-0.39, 0.29) is 53.2 Å². The molecule has 3 aliphatic heterocycles. The fourth-order valence-corrected chi connectivity index (χ4v) is 9.78. The fourth-order valence-electron chi connectivity index (χ4n) is 9.57. The van der Waals surface area contributed by atoms with Crippen LogP contribution in [0.15, 0.2) is 71.7 Å². The summed E-state index contributed by atoms with van der Waals surface area (Å²) < 4.78 is 7.57. The molecule has 0 spiro atoms. The minimum Gasteiger partial charge on any atom is -0.489 e. The molecule has 3 amide bonds. The number of aromatic nitrogens is 2. The Hall–Kier alpha value is -5.45. The van der Waals surface area contributed by atoms with Gasteiger partial charge in [-0.1, -0.05) is 39.3 Å². The molecule has 57 heavy (non-hydrogen) atoms. The zero-order valence-corrected chi connectivity index (χ0v) is 33.4. The van der Waals surface area contributed by atoms with E-state index in [9.17, 15) is 24.4 Å². The molecule has 1 saturated carbocycles. The highest BCUT2D eigenvalue weighted by Gasteiger charge is 2.64. The molecule has 14 heteroatoms. The summed E-state index contributed by atoms with van der Waals surface area (Å²) in [6.45, 7) is 15.0. The largest absolute Gasteiger partial charge is 0.489 e. The van der Waals surface area contributed by atoms with Crippen molar-refractivity contribution in [3.8, 4) is 11.8 Å². The normalized spacial score (nSPS) is 23.3. The molecular weight excluding hydrogens is 744 g/mol. The van der Waals surface area contributed by atoms with Crippen LogP contribution in [-0.2, 0) is 9.59 Å². The number of nitrogens with one attached hydrogen (secondary N) is 2. The van der Waals surface area contributed by atoms with Crippen molar-refractivity contribution in [3.05, 3.63) is 93.4 Å². The number of fused-ring (bicyclic) bond motifs is 1. The van der Waals surface area contributed by atoms with Crippen LogP contribution < -0.4 is 30.7 Å². The summed E-state index contributed by atoms with van der Waals surface area (Å²) in [6.07, 6.45) is 1.90. The number of benzene rings is 3. The van der Waals surface area contributed by atoms with Crippen molar-refractivity contribution in [2.75, 3.05) is 55.6 Å². The predicted octanol–water partition coefficient (Wildman–Crippen LogP) is 4.77. The van der Waals surface area contributed by atoms with E-state index in [1.54, 1.807) is 24.4 Å². The van der Waals surface area contributed by atoms with Crippen LogP contribution in [-0.4, -0.2) is 90.4 Å². The summed E-state index contributed by atoms with van der Waals surface area (Å²) in [6, 6.07) is 19.9. The van der Waals surface area contributed by atoms with Gasteiger partial charge in [0.15, 0.2) is 0 Å². The van der Waals surface area contributed by atoms with Gasteiger partial charge in [-0.25, -0.2) is 4.68 Å². The average molecular weight is 791 g/mol. The number of nitrogens with zero attached hydrogens (tertiary/aromatic N) is 6. The van der Waals surface area contributed by atoms with E-state index in [1.165, 1.54) is 4.68 Å². The lowest BCUT2D eigenvalue weighted by Gasteiger charge is -2.63. The van der Waals surface area contributed by atoms with Gasteiger partial charge in [0.05, 0.1) is 22.2 Å². The Bertz CT molecular complexity index is 2320. The second kappa shape index (κ2) is 14.8. The molecule has 0 radical (unpaired) electrons. The Morgan fingerprint density at radius 3 is 2.32 bits per heavy atom. The lowest BCUT2D eigenvalue weighted by atomic mass is 9.49. The van der Waals surface area contributed by atoms with Crippen LogP contribution in [0, 0.1) is 28.1 Å². The molecule has 296 valence electrons. The number of halogens is 1. The summed E-state index contributed by atoms with van der Waals surface area (Å²) in [5.74, 6) is 0.237. The number of piperidine rings is 1. The maximum atomic E-state index is 13.5. The van der Waals surface area contributed by atoms with Crippen molar-refractivity contribution < 1.29 is 19.1 Å². The van der Waals surface area contributed by atoms with Crippen LogP contribution in [0.4, 0.5) is 11.4 Å². The van der Waals surface area contributed by atoms with E-state index in [1.807, 2.05) is 42.5 Å². The van der Waals surface area contributed by atoms with Gasteiger partial charge in [0.1, 0.15) is 24.0 Å². The lowest BCUT2D eigenvalue weighted by Crippen LogP contribution is -2.74. The quantitative estimate of drug-likeness (QED) is 0.227. The Morgan fingerprint density at radius 1 is 0.947 bits per heavy atom. The highest BCUT2D eigenvalue weighted by Crippen LogP contribution is 2.55. The van der Waals surface area contributed by atoms with Crippen LogP contribution >= 0.6 is 11.6 Å². The van der Waals surface area contributed by atoms with Crippen LogP contribution in [0.25, 0.3) is 10.8 Å². The molecule has 1 aliphatic carbocycles. The number of imide groups is 1. The van der Waals surface area contributed by atoms with Gasteiger partial charge >= 0.3 is 0 Å². The highest BCUT2D eigenvalue weighted by molar-refractivity contribution is 6.31. The Morgan fingerprint density at radius 2 is 1.65 bits per heavy atom. The topological polar surface area (TPSA) is 153 Å². The number of amides is 3. The molecule has 4 fully saturated rings. The number of hydrogen-bond donors (Lipinski definition) is 2. The third kappa shape index (κ3) is 7.21. The van der Waals surface area contributed by atoms with E-state index in [4.69, 9.17) is 16.3 Å². The molecule has 4 aliphatic rings. The molecule has 8 rings (SSSR count). The minimum absolute atomic E-state index is 0.110. The zero-order chi connectivity index (χ0) is 40.2. The van der Waals surface area contributed by atoms with E-state index >= 15 is 0 Å². The summed E-state index contributed by atoms with van der Waals surface area (Å²) >= 11 is 6.25. The van der Waals surface area contributed by atoms with Gasteiger partial charge in [0.2, 0.25) is 5.91 Å². The van der Waals surface area contributed by atoms with Crippen molar-refractivity contribution in [2.45, 2.75) is 58.7 Å². The van der Waals surface area contributed by atoms with Gasteiger partial charge in [0.25, 0.3) is 17.4 Å². The SMILES string of the molecule is CC1(C)C(NC(=O)c2ccc(N3CC(CN4CCN(c5ccc6c(=O)n([C@H]7CCC(=O)NC7=O)ncc6c5)CC4)C3)cc2)C(C)(C)C1Oc1ccc(C#N)c(Cl)c1. The zero-order valence-electron chi connectivity index (χ0n) is 32.6. The molecule has 1 aromatic heterocycles. The number of rotatable bonds is 9.